The van der Waals surface area contributed by atoms with E-state index >= 15 is 0 Å². The van der Waals surface area contributed by atoms with Crippen molar-refractivity contribution >= 4 is 28.5 Å². The third kappa shape index (κ3) is 3.40. The van der Waals surface area contributed by atoms with Gasteiger partial charge in [-0.15, -0.1) is 0 Å². The number of hydrogen-bond acceptors (Lipinski definition) is 6. The zero-order valence-corrected chi connectivity index (χ0v) is 16.4. The number of anilines is 2. The second-order valence-corrected chi connectivity index (χ2v) is 7.17. The van der Waals surface area contributed by atoms with E-state index in [-0.39, 0.29) is 11.8 Å². The zero-order valence-electron chi connectivity index (χ0n) is 16.4. The summed E-state index contributed by atoms with van der Waals surface area (Å²) >= 11 is 0. The van der Waals surface area contributed by atoms with Crippen molar-refractivity contribution in [2.75, 3.05) is 30.4 Å². The number of nitrogens with one attached hydrogen (secondary N) is 1. The number of carbonyl (C=O) groups is 1. The first-order valence-electron chi connectivity index (χ1n) is 9.47. The Labute approximate surface area is 163 Å². The molecule has 0 spiro atoms. The number of aromatic nitrogens is 2. The fourth-order valence-corrected chi connectivity index (χ4v) is 3.73. The maximum atomic E-state index is 12.8. The molecular weight excluding hydrogens is 356 g/mol. The number of hydrogen-bond donors (Lipinski definition) is 1. The maximum absolute atomic E-state index is 12.8. The van der Waals surface area contributed by atoms with Gasteiger partial charge in [0.2, 0.25) is 11.6 Å². The van der Waals surface area contributed by atoms with Crippen LogP contribution in [0.4, 0.5) is 11.5 Å². The summed E-state index contributed by atoms with van der Waals surface area (Å²) in [6.07, 6.45) is 3.31. The van der Waals surface area contributed by atoms with Crippen LogP contribution in [0.3, 0.4) is 0 Å². The molecule has 3 aromatic rings. The molecule has 1 N–H and O–H groups in total. The second-order valence-electron chi connectivity index (χ2n) is 7.17. The molecule has 1 fully saturated rings. The molecule has 7 nitrogen and oxygen atoms in total. The first kappa shape index (κ1) is 18.3. The molecular formula is C21H24N4O3. The van der Waals surface area contributed by atoms with Crippen LogP contribution < -0.4 is 15.0 Å². The molecule has 0 aliphatic carbocycles. The highest BCUT2D eigenvalue weighted by atomic mass is 16.5. The Hall–Kier alpha value is -3.09. The number of piperidine rings is 1. The molecule has 1 saturated heterocycles. The minimum absolute atomic E-state index is 0.0170. The molecule has 28 heavy (non-hydrogen) atoms. The molecule has 1 aromatic carbocycles. The van der Waals surface area contributed by atoms with Gasteiger partial charge in [-0.25, -0.2) is 9.97 Å². The average molecular weight is 380 g/mol. The summed E-state index contributed by atoms with van der Waals surface area (Å²) in [7, 11) is 1.61. The molecule has 3 heterocycles. The molecule has 0 bridgehead atoms. The Morgan fingerprint density at radius 3 is 3.00 bits per heavy atom. The Morgan fingerprint density at radius 2 is 2.18 bits per heavy atom. The van der Waals surface area contributed by atoms with Gasteiger partial charge < -0.3 is 19.4 Å². The third-order valence-electron chi connectivity index (χ3n) is 5.37. The molecule has 1 amide bonds. The Morgan fingerprint density at radius 1 is 1.32 bits per heavy atom. The van der Waals surface area contributed by atoms with Gasteiger partial charge in [0.1, 0.15) is 23.7 Å². The van der Waals surface area contributed by atoms with Gasteiger partial charge in [0.05, 0.1) is 18.4 Å². The van der Waals surface area contributed by atoms with Gasteiger partial charge in [-0.05, 0) is 38.8 Å². The highest BCUT2D eigenvalue weighted by Crippen LogP contribution is 2.33. The van der Waals surface area contributed by atoms with Gasteiger partial charge in [0.15, 0.2) is 0 Å². The number of furan rings is 1. The van der Waals surface area contributed by atoms with Crippen LogP contribution in [0.5, 0.6) is 5.75 Å². The van der Waals surface area contributed by atoms with E-state index in [2.05, 4.69) is 20.2 Å². The van der Waals surface area contributed by atoms with E-state index in [0.717, 1.165) is 53.4 Å². The summed E-state index contributed by atoms with van der Waals surface area (Å²) in [4.78, 5) is 23.8. The van der Waals surface area contributed by atoms with Crippen LogP contribution in [-0.2, 0) is 4.79 Å². The van der Waals surface area contributed by atoms with Crippen molar-refractivity contribution in [3.8, 4) is 5.75 Å². The van der Waals surface area contributed by atoms with Gasteiger partial charge in [0, 0.05) is 30.4 Å². The topological polar surface area (TPSA) is 80.5 Å². The van der Waals surface area contributed by atoms with Gasteiger partial charge in [-0.3, -0.25) is 4.79 Å². The standard InChI is InChI=1S/C21H24N4O3/c1-13-14(2)28-21-18(13)19(22-12-23-21)25-9-5-6-15(11-25)20(26)24-16-7-4-8-17(10-16)27-3/h4,7-8,10,12,15H,5-6,9,11H2,1-3H3,(H,24,26). The highest BCUT2D eigenvalue weighted by molar-refractivity contribution is 5.94. The van der Waals surface area contributed by atoms with E-state index in [4.69, 9.17) is 9.15 Å². The summed E-state index contributed by atoms with van der Waals surface area (Å²) in [5, 5.41) is 3.95. The van der Waals surface area contributed by atoms with Crippen LogP contribution in [0.25, 0.3) is 11.1 Å². The predicted octanol–water partition coefficient (Wildman–Crippen LogP) is 3.70. The second kappa shape index (κ2) is 7.50. The van der Waals surface area contributed by atoms with Crippen molar-refractivity contribution in [3.05, 3.63) is 41.9 Å². The van der Waals surface area contributed by atoms with Crippen LogP contribution in [0.1, 0.15) is 24.2 Å². The van der Waals surface area contributed by atoms with Crippen molar-refractivity contribution in [3.63, 3.8) is 0 Å². The lowest BCUT2D eigenvalue weighted by molar-refractivity contribution is -0.120. The van der Waals surface area contributed by atoms with Gasteiger partial charge >= 0.3 is 0 Å². The molecule has 1 aliphatic rings. The lowest BCUT2D eigenvalue weighted by atomic mass is 9.96. The van der Waals surface area contributed by atoms with Crippen LogP contribution >= 0.6 is 0 Å². The summed E-state index contributed by atoms with van der Waals surface area (Å²) in [6.45, 7) is 5.43. The molecule has 146 valence electrons. The van der Waals surface area contributed by atoms with E-state index in [1.165, 1.54) is 6.33 Å². The maximum Gasteiger partial charge on any atom is 0.231 e. The smallest absolute Gasteiger partial charge is 0.231 e. The minimum atomic E-state index is -0.113. The van der Waals surface area contributed by atoms with Crippen LogP contribution in [0.15, 0.2) is 35.0 Å². The average Bonchev–Trinajstić information content (AvgIpc) is 3.02. The molecule has 0 saturated carbocycles. The van der Waals surface area contributed by atoms with Gasteiger partial charge in [-0.2, -0.15) is 0 Å². The Balaban J connectivity index is 1.54. The molecule has 1 atom stereocenters. The van der Waals surface area contributed by atoms with E-state index in [9.17, 15) is 4.79 Å². The molecule has 7 heteroatoms. The number of ether oxygens (including phenoxy) is 1. The SMILES string of the molecule is COc1cccc(NC(=O)C2CCCN(c3ncnc4oc(C)c(C)c34)C2)c1. The largest absolute Gasteiger partial charge is 0.497 e. The molecule has 1 aliphatic heterocycles. The van der Waals surface area contributed by atoms with Crippen molar-refractivity contribution < 1.29 is 13.9 Å². The third-order valence-corrected chi connectivity index (χ3v) is 5.37. The lowest BCUT2D eigenvalue weighted by Gasteiger charge is -2.33. The lowest BCUT2D eigenvalue weighted by Crippen LogP contribution is -2.41. The highest BCUT2D eigenvalue weighted by Gasteiger charge is 2.28. The van der Waals surface area contributed by atoms with E-state index in [1.807, 2.05) is 38.1 Å². The van der Waals surface area contributed by atoms with E-state index in [1.54, 1.807) is 7.11 Å². The summed E-state index contributed by atoms with van der Waals surface area (Å²) < 4.78 is 11.0. The number of benzene rings is 1. The monoisotopic (exact) mass is 380 g/mol. The number of amides is 1. The molecule has 0 radical (unpaired) electrons. The van der Waals surface area contributed by atoms with Crippen LogP contribution in [0, 0.1) is 19.8 Å². The van der Waals surface area contributed by atoms with Crippen LogP contribution in [0.2, 0.25) is 0 Å². The van der Waals surface area contributed by atoms with Crippen molar-refractivity contribution in [2.24, 2.45) is 5.92 Å². The first-order valence-corrected chi connectivity index (χ1v) is 9.47. The van der Waals surface area contributed by atoms with Crippen LogP contribution in [-0.4, -0.2) is 36.1 Å². The van der Waals surface area contributed by atoms with Gasteiger partial charge in [-0.1, -0.05) is 6.07 Å². The molecule has 1 unspecified atom stereocenters. The number of nitrogens with zero attached hydrogens (tertiary/aromatic N) is 3. The summed E-state index contributed by atoms with van der Waals surface area (Å²) in [6, 6.07) is 7.41. The summed E-state index contributed by atoms with van der Waals surface area (Å²) in [5.74, 6) is 2.32. The fraction of sp³-hybridized carbons (Fsp3) is 0.381. The van der Waals surface area contributed by atoms with Crippen molar-refractivity contribution in [2.45, 2.75) is 26.7 Å². The number of carbonyl (C=O) groups excluding carboxylic acids is 1. The molecule has 4 rings (SSSR count). The first-order chi connectivity index (χ1) is 13.6. The number of aryl methyl sites for hydroxylation is 2. The Kier molecular flexibility index (Phi) is 4.90. The van der Waals surface area contributed by atoms with Crippen molar-refractivity contribution in [1.82, 2.24) is 9.97 Å². The van der Waals surface area contributed by atoms with E-state index < -0.39 is 0 Å². The summed E-state index contributed by atoms with van der Waals surface area (Å²) in [5.41, 5.74) is 2.39. The Bertz CT molecular complexity index is 1010. The minimum Gasteiger partial charge on any atom is -0.497 e. The quantitative estimate of drug-likeness (QED) is 0.743. The van der Waals surface area contributed by atoms with E-state index in [0.29, 0.717) is 12.3 Å². The van der Waals surface area contributed by atoms with Gasteiger partial charge in [0.25, 0.3) is 0 Å². The number of methoxy groups -OCH3 is 1. The predicted molar refractivity (Wildman–Crippen MR) is 108 cm³/mol. The fourth-order valence-electron chi connectivity index (χ4n) is 3.73. The number of fused-ring (bicyclic) bond motifs is 1. The normalized spacial score (nSPS) is 17.0. The zero-order chi connectivity index (χ0) is 19.7. The van der Waals surface area contributed by atoms with Crippen molar-refractivity contribution in [1.29, 1.82) is 0 Å². The molecule has 2 aromatic heterocycles. The number of rotatable bonds is 4.